The number of halogens is 2. The minimum Gasteiger partial charge on any atom is -0.493 e. The van der Waals surface area contributed by atoms with Gasteiger partial charge in [-0.2, -0.15) is 0 Å². The summed E-state index contributed by atoms with van der Waals surface area (Å²) in [5, 5.41) is 7.89. The number of carbonyl (C=O) groups excluding carboxylic acids is 1. The Kier molecular flexibility index (Phi) is 12.9. The maximum Gasteiger partial charge on any atom is 0.251 e. The molecule has 0 bridgehead atoms. The van der Waals surface area contributed by atoms with Crippen LogP contribution in [0.25, 0.3) is 11.0 Å². The molecule has 10 nitrogen and oxygen atoms in total. The summed E-state index contributed by atoms with van der Waals surface area (Å²) in [6.07, 6.45) is 2.84. The molecule has 1 aliphatic rings. The van der Waals surface area contributed by atoms with Gasteiger partial charge in [0.25, 0.3) is 5.91 Å². The van der Waals surface area contributed by atoms with Gasteiger partial charge < -0.3 is 39.0 Å². The molecule has 1 amide bonds. The molecule has 4 aromatic rings. The van der Waals surface area contributed by atoms with Gasteiger partial charge in [0.05, 0.1) is 49.0 Å². The van der Waals surface area contributed by atoms with Crippen LogP contribution in [0.15, 0.2) is 48.5 Å². The predicted molar refractivity (Wildman–Crippen MR) is 196 cm³/mol. The highest BCUT2D eigenvalue weighted by Crippen LogP contribution is 2.41. The topological polar surface area (TPSA) is 99.1 Å². The first kappa shape index (κ1) is 36.6. The van der Waals surface area contributed by atoms with E-state index in [1.165, 1.54) is 7.11 Å². The van der Waals surface area contributed by atoms with E-state index in [1.807, 2.05) is 38.1 Å². The van der Waals surface area contributed by atoms with Gasteiger partial charge in [0, 0.05) is 55.9 Å². The number of anilines is 1. The summed E-state index contributed by atoms with van der Waals surface area (Å²) in [6.45, 7) is 9.16. The van der Waals surface area contributed by atoms with Gasteiger partial charge in [0.1, 0.15) is 0 Å². The highest BCUT2D eigenvalue weighted by molar-refractivity contribution is 6.42. The van der Waals surface area contributed by atoms with Crippen molar-refractivity contribution >= 4 is 46.1 Å². The number of methoxy groups -OCH3 is 3. The first-order valence-corrected chi connectivity index (χ1v) is 17.6. The number of hydrogen-bond donors (Lipinski definition) is 2. The second-order valence-electron chi connectivity index (χ2n) is 12.2. The van der Waals surface area contributed by atoms with Crippen LogP contribution in [0.4, 0.5) is 5.95 Å². The average Bonchev–Trinajstić information content (AvgIpc) is 3.46. The first-order chi connectivity index (χ1) is 23.8. The molecule has 0 radical (unpaired) electrons. The molecule has 0 aliphatic carbocycles. The van der Waals surface area contributed by atoms with Crippen molar-refractivity contribution in [2.45, 2.75) is 51.6 Å². The number of piperidine rings is 1. The Balaban J connectivity index is 1.23. The number of carbonyl (C=O) groups is 1. The van der Waals surface area contributed by atoms with E-state index in [-0.39, 0.29) is 11.8 Å². The Hall–Kier alpha value is -3.70. The van der Waals surface area contributed by atoms with E-state index in [4.69, 9.17) is 47.1 Å². The number of nitrogens with one attached hydrogen (secondary N) is 2. The molecule has 1 aliphatic heterocycles. The third-order valence-electron chi connectivity index (χ3n) is 9.28. The second kappa shape index (κ2) is 17.3. The van der Waals surface area contributed by atoms with Crippen LogP contribution in [0.5, 0.6) is 17.2 Å². The number of likely N-dealkylation sites (tertiary alicyclic amines) is 1. The molecule has 0 spiro atoms. The Morgan fingerprint density at radius 2 is 1.73 bits per heavy atom. The third kappa shape index (κ3) is 8.73. The minimum atomic E-state index is -0.221. The highest BCUT2D eigenvalue weighted by Gasteiger charge is 2.25. The quantitative estimate of drug-likeness (QED) is 0.118. The van der Waals surface area contributed by atoms with Crippen LogP contribution in [0.2, 0.25) is 10.0 Å². The van der Waals surface area contributed by atoms with E-state index in [1.54, 1.807) is 20.3 Å². The van der Waals surface area contributed by atoms with Crippen LogP contribution in [0, 0.1) is 6.92 Å². The molecule has 1 fully saturated rings. The Labute approximate surface area is 299 Å². The standard InChI is InChI=1S/C37H47Cl2N5O5/c1-6-49-20-19-44-32-10-8-7-9-31(32)42-37(44)41-27-14-17-43(18-15-27)16-13-26(25-11-12-29(38)30(39)21-25)23-40-36(45)28-22-33(46-3)35(48-5)34(47-4)24(28)2/h7-12,21-22,26-27H,6,13-20,23H2,1-5H3,(H,40,45)(H,41,42). The lowest BCUT2D eigenvalue weighted by molar-refractivity contribution is 0.0948. The fourth-order valence-electron chi connectivity index (χ4n) is 6.53. The smallest absolute Gasteiger partial charge is 0.251 e. The van der Waals surface area contributed by atoms with E-state index in [2.05, 4.69) is 38.3 Å². The lowest BCUT2D eigenvalue weighted by Crippen LogP contribution is -2.40. The van der Waals surface area contributed by atoms with Crippen LogP contribution in [-0.4, -0.2) is 87.1 Å². The number of amides is 1. The van der Waals surface area contributed by atoms with Gasteiger partial charge in [0.15, 0.2) is 11.5 Å². The number of nitrogens with zero attached hydrogens (tertiary/aromatic N) is 3. The summed E-state index contributed by atoms with van der Waals surface area (Å²) in [7, 11) is 4.63. The monoisotopic (exact) mass is 711 g/mol. The average molecular weight is 713 g/mol. The van der Waals surface area contributed by atoms with Gasteiger partial charge in [-0.05, 0) is 75.5 Å². The second-order valence-corrected chi connectivity index (χ2v) is 13.0. The number of rotatable bonds is 16. The van der Waals surface area contributed by atoms with Crippen LogP contribution >= 0.6 is 23.2 Å². The van der Waals surface area contributed by atoms with Crippen molar-refractivity contribution in [3.63, 3.8) is 0 Å². The molecule has 49 heavy (non-hydrogen) atoms. The van der Waals surface area contributed by atoms with Gasteiger partial charge >= 0.3 is 0 Å². The molecule has 0 saturated carbocycles. The molecule has 1 aromatic heterocycles. The van der Waals surface area contributed by atoms with Gasteiger partial charge in [-0.15, -0.1) is 0 Å². The normalized spacial score (nSPS) is 14.5. The number of imidazole rings is 1. The SMILES string of the molecule is CCOCCn1c(NC2CCN(CCC(CNC(=O)c3cc(OC)c(OC)c(OC)c3C)c3ccc(Cl)c(Cl)c3)CC2)nc2ccccc21. The summed E-state index contributed by atoms with van der Waals surface area (Å²) in [6, 6.07) is 16.0. The van der Waals surface area contributed by atoms with Crippen LogP contribution in [0.1, 0.15) is 53.6 Å². The third-order valence-corrected chi connectivity index (χ3v) is 10.0. The summed E-state index contributed by atoms with van der Waals surface area (Å²) < 4.78 is 24.4. The van der Waals surface area contributed by atoms with Crippen molar-refractivity contribution < 1.29 is 23.7 Å². The molecule has 3 aromatic carbocycles. The van der Waals surface area contributed by atoms with Crippen molar-refractivity contribution in [2.24, 2.45) is 0 Å². The Bertz CT molecular complexity index is 1720. The molecular weight excluding hydrogens is 665 g/mol. The molecule has 2 heterocycles. The molecule has 1 unspecified atom stereocenters. The zero-order valence-corrected chi connectivity index (χ0v) is 30.5. The van der Waals surface area contributed by atoms with E-state index in [0.29, 0.717) is 64.2 Å². The molecule has 1 atom stereocenters. The maximum absolute atomic E-state index is 13.6. The van der Waals surface area contributed by atoms with Crippen LogP contribution in [0.3, 0.4) is 0 Å². The lowest BCUT2D eigenvalue weighted by atomic mass is 9.94. The Morgan fingerprint density at radius 1 is 0.980 bits per heavy atom. The Morgan fingerprint density at radius 3 is 2.43 bits per heavy atom. The zero-order valence-electron chi connectivity index (χ0n) is 29.0. The lowest BCUT2D eigenvalue weighted by Gasteiger charge is -2.33. The number of benzene rings is 3. The van der Waals surface area contributed by atoms with Crippen LogP contribution < -0.4 is 24.8 Å². The first-order valence-electron chi connectivity index (χ1n) is 16.8. The zero-order chi connectivity index (χ0) is 34.9. The largest absolute Gasteiger partial charge is 0.493 e. The number of para-hydroxylation sites is 2. The fourth-order valence-corrected chi connectivity index (χ4v) is 6.84. The number of fused-ring (bicyclic) bond motifs is 1. The van der Waals surface area contributed by atoms with Crippen LogP contribution in [-0.2, 0) is 11.3 Å². The van der Waals surface area contributed by atoms with Crippen molar-refractivity contribution in [1.82, 2.24) is 19.8 Å². The molecule has 12 heteroatoms. The molecule has 5 rings (SSSR count). The summed E-state index contributed by atoms with van der Waals surface area (Å²) in [5.74, 6) is 2.04. The summed E-state index contributed by atoms with van der Waals surface area (Å²) >= 11 is 12.7. The van der Waals surface area contributed by atoms with E-state index < -0.39 is 0 Å². The van der Waals surface area contributed by atoms with Gasteiger partial charge in [-0.1, -0.05) is 41.4 Å². The summed E-state index contributed by atoms with van der Waals surface area (Å²) in [4.78, 5) is 21.0. The van der Waals surface area contributed by atoms with Crippen molar-refractivity contribution in [3.05, 3.63) is 75.3 Å². The summed E-state index contributed by atoms with van der Waals surface area (Å²) in [5.41, 5.74) is 4.26. The molecule has 264 valence electrons. The highest BCUT2D eigenvalue weighted by atomic mass is 35.5. The van der Waals surface area contributed by atoms with Gasteiger partial charge in [-0.25, -0.2) is 4.98 Å². The molecule has 1 saturated heterocycles. The van der Waals surface area contributed by atoms with E-state index in [0.717, 1.165) is 68.0 Å². The minimum absolute atomic E-state index is 0.0159. The van der Waals surface area contributed by atoms with E-state index >= 15 is 0 Å². The number of ether oxygens (including phenoxy) is 4. The number of aromatic nitrogens is 2. The van der Waals surface area contributed by atoms with Gasteiger partial charge in [-0.3, -0.25) is 4.79 Å². The van der Waals surface area contributed by atoms with Crippen molar-refractivity contribution in [3.8, 4) is 17.2 Å². The fraction of sp³-hybridized carbons (Fsp3) is 0.459. The maximum atomic E-state index is 13.6. The number of hydrogen-bond acceptors (Lipinski definition) is 8. The van der Waals surface area contributed by atoms with Crippen molar-refractivity contribution in [2.75, 3.05) is 66.0 Å². The van der Waals surface area contributed by atoms with Crippen molar-refractivity contribution in [1.29, 1.82) is 0 Å². The molecular formula is C37H47Cl2N5O5. The predicted octanol–water partition coefficient (Wildman–Crippen LogP) is 7.19. The molecule has 2 N–H and O–H groups in total. The van der Waals surface area contributed by atoms with E-state index in [9.17, 15) is 4.79 Å². The van der Waals surface area contributed by atoms with Gasteiger partial charge in [0.2, 0.25) is 11.7 Å².